The number of aromatic nitrogens is 3. The number of pyridine rings is 1. The van der Waals surface area contributed by atoms with Gasteiger partial charge in [-0.25, -0.2) is 4.68 Å². The molecule has 4 rings (SSSR count). The van der Waals surface area contributed by atoms with E-state index in [4.69, 9.17) is 4.98 Å². The Morgan fingerprint density at radius 1 is 1.03 bits per heavy atom. The van der Waals surface area contributed by atoms with Gasteiger partial charge in [-0.05, 0) is 43.2 Å². The molecule has 0 saturated carbocycles. The van der Waals surface area contributed by atoms with E-state index in [1.807, 2.05) is 78.5 Å². The number of nitrogens with one attached hydrogen (secondary N) is 1. The van der Waals surface area contributed by atoms with Crippen molar-refractivity contribution in [1.29, 1.82) is 0 Å². The van der Waals surface area contributed by atoms with Crippen LogP contribution < -0.4 is 5.32 Å². The summed E-state index contributed by atoms with van der Waals surface area (Å²) in [6.07, 6.45) is 3.42. The third kappa shape index (κ3) is 3.90. The Morgan fingerprint density at radius 2 is 1.79 bits per heavy atom. The summed E-state index contributed by atoms with van der Waals surface area (Å²) in [7, 11) is 0. The molecule has 4 aromatic rings. The van der Waals surface area contributed by atoms with Crippen molar-refractivity contribution < 1.29 is 4.79 Å². The molecule has 0 radical (unpaired) electrons. The van der Waals surface area contributed by atoms with Gasteiger partial charge >= 0.3 is 0 Å². The van der Waals surface area contributed by atoms with Crippen LogP contribution in [0.4, 0.5) is 0 Å². The Hall–Kier alpha value is -3.47. The molecule has 0 fully saturated rings. The monoisotopic (exact) mass is 384 g/mol. The van der Waals surface area contributed by atoms with Gasteiger partial charge in [0.05, 0.1) is 22.5 Å². The second-order valence-electron chi connectivity index (χ2n) is 7.02. The second kappa shape index (κ2) is 8.27. The van der Waals surface area contributed by atoms with Gasteiger partial charge in [0, 0.05) is 30.2 Å². The van der Waals surface area contributed by atoms with Crippen LogP contribution in [-0.2, 0) is 12.8 Å². The largest absolute Gasteiger partial charge is 0.352 e. The van der Waals surface area contributed by atoms with E-state index >= 15 is 0 Å². The zero-order chi connectivity index (χ0) is 20.2. The van der Waals surface area contributed by atoms with Crippen LogP contribution in [0, 0.1) is 6.92 Å². The van der Waals surface area contributed by atoms with E-state index in [1.165, 1.54) is 0 Å². The van der Waals surface area contributed by atoms with Crippen molar-refractivity contribution in [3.8, 4) is 5.69 Å². The topological polar surface area (TPSA) is 59.8 Å². The summed E-state index contributed by atoms with van der Waals surface area (Å²) >= 11 is 0. The molecule has 0 aliphatic rings. The van der Waals surface area contributed by atoms with Crippen LogP contribution in [0.15, 0.2) is 66.9 Å². The van der Waals surface area contributed by atoms with E-state index in [2.05, 4.69) is 17.3 Å². The Labute approximate surface area is 170 Å². The normalized spacial score (nSPS) is 11.0. The Morgan fingerprint density at radius 3 is 2.59 bits per heavy atom. The Bertz CT molecular complexity index is 1150. The molecule has 146 valence electrons. The van der Waals surface area contributed by atoms with E-state index in [9.17, 15) is 4.79 Å². The van der Waals surface area contributed by atoms with E-state index < -0.39 is 0 Å². The van der Waals surface area contributed by atoms with Crippen molar-refractivity contribution in [2.75, 3.05) is 6.54 Å². The van der Waals surface area contributed by atoms with E-state index in [0.29, 0.717) is 13.0 Å². The van der Waals surface area contributed by atoms with Gasteiger partial charge in [-0.1, -0.05) is 43.3 Å². The number of fused-ring (bicyclic) bond motifs is 1. The standard InChI is InChI=1S/C24H24N4O/c1-3-21-17(2)23(20-11-7-8-12-22(20)26-21)24(29)25-15-13-18-14-16-28(27-18)19-9-5-4-6-10-19/h4-12,14,16H,3,13,15H2,1-2H3,(H,25,29). The van der Waals surface area contributed by atoms with Crippen molar-refractivity contribution in [2.24, 2.45) is 0 Å². The first kappa shape index (κ1) is 18.9. The van der Waals surface area contributed by atoms with E-state index in [1.54, 1.807) is 0 Å². The number of rotatable bonds is 6. The maximum Gasteiger partial charge on any atom is 0.252 e. The number of hydrogen-bond acceptors (Lipinski definition) is 3. The third-order valence-electron chi connectivity index (χ3n) is 5.13. The highest BCUT2D eigenvalue weighted by atomic mass is 16.1. The van der Waals surface area contributed by atoms with Crippen molar-refractivity contribution in [3.63, 3.8) is 0 Å². The van der Waals surface area contributed by atoms with Gasteiger partial charge in [0.2, 0.25) is 0 Å². The first-order valence-electron chi connectivity index (χ1n) is 9.93. The van der Waals surface area contributed by atoms with Crippen LogP contribution in [0.25, 0.3) is 16.6 Å². The molecule has 5 heteroatoms. The molecule has 29 heavy (non-hydrogen) atoms. The average molecular weight is 384 g/mol. The minimum absolute atomic E-state index is 0.0571. The predicted octanol–water partition coefficient (Wildman–Crippen LogP) is 4.26. The highest BCUT2D eigenvalue weighted by Crippen LogP contribution is 2.23. The number of amides is 1. The fraction of sp³-hybridized carbons (Fsp3) is 0.208. The minimum atomic E-state index is -0.0571. The van der Waals surface area contributed by atoms with Crippen LogP contribution in [-0.4, -0.2) is 27.2 Å². The van der Waals surface area contributed by atoms with Crippen LogP contribution in [0.5, 0.6) is 0 Å². The second-order valence-corrected chi connectivity index (χ2v) is 7.02. The van der Waals surface area contributed by atoms with Crippen LogP contribution in [0.2, 0.25) is 0 Å². The quantitative estimate of drug-likeness (QED) is 0.540. The predicted molar refractivity (Wildman–Crippen MR) is 115 cm³/mol. The molecule has 0 aliphatic carbocycles. The summed E-state index contributed by atoms with van der Waals surface area (Å²) in [6, 6.07) is 19.8. The molecule has 0 atom stereocenters. The average Bonchev–Trinajstić information content (AvgIpc) is 3.22. The number of benzene rings is 2. The summed E-state index contributed by atoms with van der Waals surface area (Å²) in [6.45, 7) is 4.58. The van der Waals surface area contributed by atoms with E-state index in [-0.39, 0.29) is 5.91 Å². The molecule has 1 N–H and O–H groups in total. The summed E-state index contributed by atoms with van der Waals surface area (Å²) in [5, 5.41) is 8.56. The van der Waals surface area contributed by atoms with Gasteiger partial charge in [0.1, 0.15) is 0 Å². The number of nitrogens with zero attached hydrogens (tertiary/aromatic N) is 3. The molecular weight excluding hydrogens is 360 g/mol. The minimum Gasteiger partial charge on any atom is -0.352 e. The van der Waals surface area contributed by atoms with Gasteiger partial charge in [0.25, 0.3) is 5.91 Å². The lowest BCUT2D eigenvalue weighted by Gasteiger charge is -2.13. The van der Waals surface area contributed by atoms with Crippen molar-refractivity contribution in [1.82, 2.24) is 20.1 Å². The molecule has 0 bridgehead atoms. The Kier molecular flexibility index (Phi) is 5.38. The van der Waals surface area contributed by atoms with Gasteiger partial charge in [-0.3, -0.25) is 9.78 Å². The molecular formula is C24H24N4O. The molecule has 1 amide bonds. The first-order valence-corrected chi connectivity index (χ1v) is 9.93. The summed E-state index contributed by atoms with van der Waals surface area (Å²) in [5.41, 5.74) is 5.48. The molecule has 0 aliphatic heterocycles. The molecule has 2 aromatic carbocycles. The smallest absolute Gasteiger partial charge is 0.252 e. The third-order valence-corrected chi connectivity index (χ3v) is 5.13. The van der Waals surface area contributed by atoms with Gasteiger partial charge in [-0.15, -0.1) is 0 Å². The lowest BCUT2D eigenvalue weighted by Crippen LogP contribution is -2.27. The molecule has 5 nitrogen and oxygen atoms in total. The Balaban J connectivity index is 1.48. The zero-order valence-corrected chi connectivity index (χ0v) is 16.7. The highest BCUT2D eigenvalue weighted by molar-refractivity contribution is 6.07. The van der Waals surface area contributed by atoms with Gasteiger partial charge in [0.15, 0.2) is 0 Å². The molecule has 0 unspecified atom stereocenters. The number of aryl methyl sites for hydroxylation is 1. The van der Waals surface area contributed by atoms with Crippen LogP contribution in [0.3, 0.4) is 0 Å². The lowest BCUT2D eigenvalue weighted by molar-refractivity contribution is 0.0955. The summed E-state index contributed by atoms with van der Waals surface area (Å²) in [4.78, 5) is 17.7. The number of para-hydroxylation sites is 2. The first-order chi connectivity index (χ1) is 14.2. The highest BCUT2D eigenvalue weighted by Gasteiger charge is 2.17. The SMILES string of the molecule is CCc1nc2ccccc2c(C(=O)NCCc2ccn(-c3ccccc3)n2)c1C. The van der Waals surface area contributed by atoms with Crippen LogP contribution >= 0.6 is 0 Å². The van der Waals surface area contributed by atoms with Crippen molar-refractivity contribution >= 4 is 16.8 Å². The zero-order valence-electron chi connectivity index (χ0n) is 16.7. The molecule has 0 spiro atoms. The van der Waals surface area contributed by atoms with Crippen molar-refractivity contribution in [2.45, 2.75) is 26.7 Å². The lowest BCUT2D eigenvalue weighted by atomic mass is 9.99. The van der Waals surface area contributed by atoms with Gasteiger partial charge < -0.3 is 5.32 Å². The summed E-state index contributed by atoms with van der Waals surface area (Å²) in [5.74, 6) is -0.0571. The molecule has 2 aromatic heterocycles. The fourth-order valence-corrected chi connectivity index (χ4v) is 3.61. The maximum atomic E-state index is 13.0. The molecule has 0 saturated heterocycles. The summed E-state index contributed by atoms with van der Waals surface area (Å²) < 4.78 is 1.85. The van der Waals surface area contributed by atoms with E-state index in [0.717, 1.165) is 45.5 Å². The van der Waals surface area contributed by atoms with Crippen LogP contribution in [0.1, 0.15) is 34.2 Å². The number of hydrogen-bond donors (Lipinski definition) is 1. The number of carbonyl (C=O) groups excluding carboxylic acids is 1. The fourth-order valence-electron chi connectivity index (χ4n) is 3.61. The molecule has 2 heterocycles. The number of carbonyl (C=O) groups is 1. The maximum absolute atomic E-state index is 13.0. The van der Waals surface area contributed by atoms with Gasteiger partial charge in [-0.2, -0.15) is 5.10 Å². The van der Waals surface area contributed by atoms with Crippen molar-refractivity contribution in [3.05, 3.63) is 89.4 Å².